The average Bonchev–Trinajstić information content (AvgIpc) is 2.43. The third-order valence-electron chi connectivity index (χ3n) is 3.92. The summed E-state index contributed by atoms with van der Waals surface area (Å²) in [4.78, 5) is 0. The van der Waals surface area contributed by atoms with Gasteiger partial charge in [-0.2, -0.15) is 0 Å². The maximum Gasteiger partial charge on any atom is 0.120 e. The molecule has 0 bridgehead atoms. The third kappa shape index (κ3) is 4.13. The van der Waals surface area contributed by atoms with Crippen LogP contribution in [0.25, 0.3) is 0 Å². The smallest absolute Gasteiger partial charge is 0.120 e. The van der Waals surface area contributed by atoms with Crippen LogP contribution in [0.3, 0.4) is 0 Å². The van der Waals surface area contributed by atoms with Crippen molar-refractivity contribution in [2.24, 2.45) is 0 Å². The van der Waals surface area contributed by atoms with E-state index in [1.807, 2.05) is 31.3 Å². The quantitative estimate of drug-likeness (QED) is 0.903. The molecule has 0 spiro atoms. The number of methoxy groups -OCH3 is 1. The molecule has 0 saturated heterocycles. The van der Waals surface area contributed by atoms with E-state index in [1.54, 1.807) is 7.11 Å². The summed E-state index contributed by atoms with van der Waals surface area (Å²) in [6.07, 6.45) is 7.87. The summed E-state index contributed by atoms with van der Waals surface area (Å²) < 4.78 is 11.3. The van der Waals surface area contributed by atoms with Crippen LogP contribution < -0.4 is 14.8 Å². The topological polar surface area (TPSA) is 30.5 Å². The van der Waals surface area contributed by atoms with Gasteiger partial charge in [-0.25, -0.2) is 0 Å². The van der Waals surface area contributed by atoms with Gasteiger partial charge in [0.1, 0.15) is 17.6 Å². The second kappa shape index (κ2) is 7.39. The van der Waals surface area contributed by atoms with E-state index in [9.17, 15) is 0 Å². The van der Waals surface area contributed by atoms with E-state index in [0.717, 1.165) is 17.9 Å². The molecule has 2 unspecified atom stereocenters. The summed E-state index contributed by atoms with van der Waals surface area (Å²) in [5, 5.41) is 3.41. The maximum absolute atomic E-state index is 6.18. The number of benzene rings is 1. The zero-order valence-corrected chi connectivity index (χ0v) is 12.0. The van der Waals surface area contributed by atoms with Crippen LogP contribution in [0.4, 0.5) is 0 Å². The molecule has 1 N–H and O–H groups in total. The van der Waals surface area contributed by atoms with Crippen molar-refractivity contribution in [1.82, 2.24) is 5.32 Å². The van der Waals surface area contributed by atoms with Crippen molar-refractivity contribution in [3.63, 3.8) is 0 Å². The van der Waals surface area contributed by atoms with Crippen LogP contribution in [0.15, 0.2) is 24.3 Å². The molecule has 2 atom stereocenters. The lowest BCUT2D eigenvalue weighted by molar-refractivity contribution is 0.131. The highest BCUT2D eigenvalue weighted by molar-refractivity contribution is 5.31. The summed E-state index contributed by atoms with van der Waals surface area (Å²) in [6, 6.07) is 8.34. The molecule has 2 rings (SSSR count). The number of hydrogen-bond acceptors (Lipinski definition) is 3. The third-order valence-corrected chi connectivity index (χ3v) is 3.92. The summed E-state index contributed by atoms with van der Waals surface area (Å²) in [6.45, 7) is 0. The van der Waals surface area contributed by atoms with Crippen molar-refractivity contribution in [1.29, 1.82) is 0 Å². The first-order chi connectivity index (χ1) is 9.33. The van der Waals surface area contributed by atoms with Crippen molar-refractivity contribution >= 4 is 0 Å². The zero-order valence-electron chi connectivity index (χ0n) is 12.0. The zero-order chi connectivity index (χ0) is 13.5. The van der Waals surface area contributed by atoms with Crippen LogP contribution in [-0.2, 0) is 0 Å². The Morgan fingerprint density at radius 2 is 1.58 bits per heavy atom. The van der Waals surface area contributed by atoms with Crippen LogP contribution in [0, 0.1) is 0 Å². The molecule has 0 heterocycles. The molecule has 1 fully saturated rings. The molecule has 19 heavy (non-hydrogen) atoms. The van der Waals surface area contributed by atoms with Crippen LogP contribution in [-0.4, -0.2) is 26.3 Å². The Morgan fingerprint density at radius 3 is 2.21 bits per heavy atom. The van der Waals surface area contributed by atoms with Crippen molar-refractivity contribution < 1.29 is 9.47 Å². The molecule has 0 aliphatic heterocycles. The van der Waals surface area contributed by atoms with Gasteiger partial charge >= 0.3 is 0 Å². The molecule has 1 aliphatic carbocycles. The van der Waals surface area contributed by atoms with Crippen molar-refractivity contribution in [2.75, 3.05) is 14.2 Å². The van der Waals surface area contributed by atoms with Gasteiger partial charge in [-0.3, -0.25) is 0 Å². The Labute approximate surface area is 116 Å². The van der Waals surface area contributed by atoms with Gasteiger partial charge in [0.25, 0.3) is 0 Å². The highest BCUT2D eigenvalue weighted by Gasteiger charge is 2.22. The lowest BCUT2D eigenvalue weighted by Crippen LogP contribution is -2.41. The second-order valence-electron chi connectivity index (χ2n) is 5.22. The van der Waals surface area contributed by atoms with Gasteiger partial charge < -0.3 is 14.8 Å². The van der Waals surface area contributed by atoms with E-state index in [4.69, 9.17) is 9.47 Å². The first-order valence-corrected chi connectivity index (χ1v) is 7.31. The Hall–Kier alpha value is -1.22. The fourth-order valence-corrected chi connectivity index (χ4v) is 2.75. The largest absolute Gasteiger partial charge is 0.497 e. The minimum atomic E-state index is 0.277. The lowest BCUT2D eigenvalue weighted by atomic mass is 9.94. The molecule has 1 aliphatic rings. The highest BCUT2D eigenvalue weighted by atomic mass is 16.5. The first kappa shape index (κ1) is 14.2. The van der Waals surface area contributed by atoms with Gasteiger partial charge in [-0.1, -0.05) is 19.3 Å². The molecule has 3 nitrogen and oxygen atoms in total. The summed E-state index contributed by atoms with van der Waals surface area (Å²) >= 11 is 0. The number of hydrogen-bond donors (Lipinski definition) is 1. The minimum Gasteiger partial charge on any atom is -0.497 e. The number of likely N-dealkylation sites (N-methyl/N-ethyl adjacent to an activating group) is 1. The van der Waals surface area contributed by atoms with Gasteiger partial charge in [-0.05, 0) is 50.6 Å². The Morgan fingerprint density at radius 1 is 0.947 bits per heavy atom. The van der Waals surface area contributed by atoms with Crippen LogP contribution >= 0.6 is 0 Å². The highest BCUT2D eigenvalue weighted by Crippen LogP contribution is 2.24. The molecule has 1 aromatic carbocycles. The van der Waals surface area contributed by atoms with Gasteiger partial charge in [0.15, 0.2) is 0 Å². The van der Waals surface area contributed by atoms with Crippen molar-refractivity contribution in [2.45, 2.75) is 50.7 Å². The molecular weight excluding hydrogens is 238 g/mol. The van der Waals surface area contributed by atoms with Crippen LogP contribution in [0.1, 0.15) is 38.5 Å². The van der Waals surface area contributed by atoms with Crippen molar-refractivity contribution in [3.05, 3.63) is 24.3 Å². The van der Waals surface area contributed by atoms with Gasteiger partial charge in [0.2, 0.25) is 0 Å². The first-order valence-electron chi connectivity index (χ1n) is 7.31. The van der Waals surface area contributed by atoms with Crippen LogP contribution in [0.2, 0.25) is 0 Å². The standard InChI is InChI=1S/C16H25NO2/c1-17-15-7-5-3-4-6-8-16(15)19-14-11-9-13(18-2)10-12-14/h9-12,15-17H,3-8H2,1-2H3. The fraction of sp³-hybridized carbons (Fsp3) is 0.625. The molecule has 1 saturated carbocycles. The van der Waals surface area contributed by atoms with E-state index in [0.29, 0.717) is 6.04 Å². The van der Waals surface area contributed by atoms with E-state index >= 15 is 0 Å². The monoisotopic (exact) mass is 263 g/mol. The Bertz CT molecular complexity index is 364. The Kier molecular flexibility index (Phi) is 5.52. The van der Waals surface area contributed by atoms with Gasteiger partial charge in [0, 0.05) is 6.04 Å². The average molecular weight is 263 g/mol. The number of nitrogens with one attached hydrogen (secondary N) is 1. The SMILES string of the molecule is CNC1CCCCCCC1Oc1ccc(OC)cc1. The molecule has 3 heteroatoms. The van der Waals surface area contributed by atoms with Gasteiger partial charge in [-0.15, -0.1) is 0 Å². The van der Waals surface area contributed by atoms with Crippen LogP contribution in [0.5, 0.6) is 11.5 Å². The van der Waals surface area contributed by atoms with E-state index in [2.05, 4.69) is 5.32 Å². The van der Waals surface area contributed by atoms with E-state index in [1.165, 1.54) is 32.1 Å². The fourth-order valence-electron chi connectivity index (χ4n) is 2.75. The summed E-state index contributed by atoms with van der Waals surface area (Å²) in [5.41, 5.74) is 0. The Balaban J connectivity index is 2.00. The minimum absolute atomic E-state index is 0.277. The van der Waals surface area contributed by atoms with Gasteiger partial charge in [0.05, 0.1) is 7.11 Å². The predicted molar refractivity (Wildman–Crippen MR) is 78.0 cm³/mol. The van der Waals surface area contributed by atoms with E-state index < -0.39 is 0 Å². The lowest BCUT2D eigenvalue weighted by Gasteiger charge is -2.29. The molecule has 0 aromatic heterocycles. The van der Waals surface area contributed by atoms with E-state index in [-0.39, 0.29) is 6.10 Å². The number of ether oxygens (including phenoxy) is 2. The molecule has 0 radical (unpaired) electrons. The maximum atomic E-state index is 6.18. The second-order valence-corrected chi connectivity index (χ2v) is 5.22. The molecule has 1 aromatic rings. The normalized spacial score (nSPS) is 24.3. The molecule has 106 valence electrons. The van der Waals surface area contributed by atoms with Crippen molar-refractivity contribution in [3.8, 4) is 11.5 Å². The summed E-state index contributed by atoms with van der Waals surface area (Å²) in [5.74, 6) is 1.81. The number of rotatable bonds is 4. The molecular formula is C16H25NO2. The molecule has 0 amide bonds. The summed E-state index contributed by atoms with van der Waals surface area (Å²) in [7, 11) is 3.72. The predicted octanol–water partition coefficient (Wildman–Crippen LogP) is 3.38.